The Balaban J connectivity index is 1.41. The first kappa shape index (κ1) is 36.0. The lowest BCUT2D eigenvalue weighted by molar-refractivity contribution is -0.278. The molecule has 2 heterocycles. The van der Waals surface area contributed by atoms with E-state index in [-0.39, 0.29) is 42.2 Å². The number of fused-ring (bicyclic) bond motifs is 1. The van der Waals surface area contributed by atoms with Gasteiger partial charge < -0.3 is 30.0 Å². The molecule has 0 aromatic heterocycles. The largest absolute Gasteiger partial charge is 0.453 e. The zero-order valence-corrected chi connectivity index (χ0v) is 29.2. The van der Waals surface area contributed by atoms with Crippen LogP contribution in [0.25, 0.3) is 0 Å². The van der Waals surface area contributed by atoms with Crippen LogP contribution in [0.5, 0.6) is 0 Å². The molecule has 1 aliphatic carbocycles. The van der Waals surface area contributed by atoms with E-state index in [1.54, 1.807) is 12.1 Å². The predicted octanol–water partition coefficient (Wildman–Crippen LogP) is 5.80. The molecule has 48 heavy (non-hydrogen) atoms. The third-order valence-corrected chi connectivity index (χ3v) is 9.98. The summed E-state index contributed by atoms with van der Waals surface area (Å²) in [7, 11) is 0. The van der Waals surface area contributed by atoms with Crippen molar-refractivity contribution in [3.8, 4) is 0 Å². The number of hydrogen-bond acceptors (Lipinski definition) is 8. The summed E-state index contributed by atoms with van der Waals surface area (Å²) in [5.41, 5.74) is 2.86. The monoisotopic (exact) mass is 663 g/mol. The number of esters is 1. The van der Waals surface area contributed by atoms with Crippen LogP contribution in [-0.2, 0) is 35.2 Å². The summed E-state index contributed by atoms with van der Waals surface area (Å²) in [5, 5.41) is 15.7. The van der Waals surface area contributed by atoms with Crippen LogP contribution in [0.15, 0.2) is 48.5 Å². The lowest BCUT2D eigenvalue weighted by atomic mass is 9.75. The predicted molar refractivity (Wildman–Crippen MR) is 183 cm³/mol. The zero-order chi connectivity index (χ0) is 34.6. The average molecular weight is 664 g/mol. The van der Waals surface area contributed by atoms with Gasteiger partial charge in [-0.3, -0.25) is 19.3 Å². The smallest absolute Gasteiger partial charge is 0.303 e. The van der Waals surface area contributed by atoms with Gasteiger partial charge in [-0.2, -0.15) is 0 Å². The van der Waals surface area contributed by atoms with Crippen molar-refractivity contribution in [1.29, 1.82) is 0 Å². The molecule has 2 amide bonds. The van der Waals surface area contributed by atoms with Gasteiger partial charge in [-0.25, -0.2) is 0 Å². The van der Waals surface area contributed by atoms with Gasteiger partial charge in [-0.15, -0.1) is 0 Å². The van der Waals surface area contributed by atoms with Gasteiger partial charge in [0.1, 0.15) is 0 Å². The average Bonchev–Trinajstić information content (AvgIpc) is 3.05. The number of carbonyl (C=O) groups is 3. The van der Waals surface area contributed by atoms with E-state index in [0.717, 1.165) is 36.0 Å². The molecule has 3 aliphatic rings. The Kier molecular flexibility index (Phi) is 11.6. The van der Waals surface area contributed by atoms with Crippen LogP contribution in [0, 0.1) is 11.8 Å². The molecule has 262 valence electrons. The fraction of sp³-hybridized carbons (Fsp3) is 0.605. The van der Waals surface area contributed by atoms with Crippen LogP contribution in [0.2, 0.25) is 0 Å². The molecule has 8 atom stereocenters. The molecule has 3 fully saturated rings. The Labute approximate surface area is 284 Å². The van der Waals surface area contributed by atoms with Gasteiger partial charge in [-0.05, 0) is 82.6 Å². The highest BCUT2D eigenvalue weighted by Gasteiger charge is 2.46. The highest BCUT2D eigenvalue weighted by atomic mass is 16.7. The number of carbonyl (C=O) groups excluding carboxylic acids is 3. The molecular weight excluding hydrogens is 610 g/mol. The normalized spacial score (nSPS) is 28.5. The number of aliphatic hydroxyl groups is 1. The summed E-state index contributed by atoms with van der Waals surface area (Å²) in [4.78, 5) is 40.0. The number of rotatable bonds is 9. The first-order valence-electron chi connectivity index (χ1n) is 17.5. The number of ether oxygens (including phenoxy) is 3. The van der Waals surface area contributed by atoms with E-state index in [0.29, 0.717) is 24.2 Å². The Bertz CT molecular complexity index is 1410. The number of likely N-dealkylation sites (tertiary alicyclic amines) is 1. The summed E-state index contributed by atoms with van der Waals surface area (Å²) >= 11 is 0. The number of hydrogen-bond donors (Lipinski definition) is 3. The van der Waals surface area contributed by atoms with Gasteiger partial charge in [0, 0.05) is 42.2 Å². The quantitative estimate of drug-likeness (QED) is 0.288. The van der Waals surface area contributed by atoms with E-state index in [2.05, 4.69) is 22.5 Å². The molecule has 2 saturated heterocycles. The molecular formula is C38H53N3O7. The fourth-order valence-electron chi connectivity index (χ4n) is 7.53. The molecule has 0 radical (unpaired) electrons. The molecule has 0 bridgehead atoms. The Morgan fingerprint density at radius 3 is 2.27 bits per heavy atom. The zero-order valence-electron chi connectivity index (χ0n) is 29.2. The highest BCUT2D eigenvalue weighted by Crippen LogP contribution is 2.44. The van der Waals surface area contributed by atoms with Crippen molar-refractivity contribution in [1.82, 2.24) is 10.2 Å². The van der Waals surface area contributed by atoms with Crippen molar-refractivity contribution in [2.75, 3.05) is 11.9 Å². The first-order chi connectivity index (χ1) is 22.8. The molecule has 10 nitrogen and oxygen atoms in total. The van der Waals surface area contributed by atoms with Crippen LogP contribution in [-0.4, -0.2) is 64.2 Å². The third kappa shape index (κ3) is 8.83. The van der Waals surface area contributed by atoms with Crippen molar-refractivity contribution >= 4 is 23.5 Å². The van der Waals surface area contributed by atoms with Gasteiger partial charge in [0.05, 0.1) is 24.9 Å². The lowest BCUT2D eigenvalue weighted by Crippen LogP contribution is -2.61. The van der Waals surface area contributed by atoms with E-state index < -0.39 is 24.3 Å². The van der Waals surface area contributed by atoms with Crippen LogP contribution in [0.1, 0.15) is 109 Å². The number of aliphatic hydroxyl groups excluding tert-OH is 1. The minimum atomic E-state index is -0.916. The van der Waals surface area contributed by atoms with Crippen LogP contribution < -0.4 is 10.6 Å². The number of nitrogens with one attached hydrogen (secondary N) is 2. The van der Waals surface area contributed by atoms with Gasteiger partial charge in [0.15, 0.2) is 12.4 Å². The van der Waals surface area contributed by atoms with Crippen molar-refractivity contribution in [2.24, 2.45) is 11.8 Å². The maximum absolute atomic E-state index is 13.8. The van der Waals surface area contributed by atoms with Crippen molar-refractivity contribution in [3.63, 3.8) is 0 Å². The van der Waals surface area contributed by atoms with Gasteiger partial charge in [0.25, 0.3) is 5.91 Å². The second-order valence-corrected chi connectivity index (χ2v) is 14.8. The van der Waals surface area contributed by atoms with E-state index in [4.69, 9.17) is 14.2 Å². The summed E-state index contributed by atoms with van der Waals surface area (Å²) < 4.78 is 18.5. The third-order valence-electron chi connectivity index (χ3n) is 9.98. The van der Waals surface area contributed by atoms with Gasteiger partial charge in [-0.1, -0.05) is 56.2 Å². The van der Waals surface area contributed by atoms with E-state index >= 15 is 0 Å². The second-order valence-electron chi connectivity index (χ2n) is 14.8. The maximum atomic E-state index is 13.8. The second kappa shape index (κ2) is 15.5. The Morgan fingerprint density at radius 2 is 1.62 bits per heavy atom. The van der Waals surface area contributed by atoms with Crippen LogP contribution in [0.3, 0.4) is 0 Å². The van der Waals surface area contributed by atoms with Gasteiger partial charge >= 0.3 is 5.97 Å². The van der Waals surface area contributed by atoms with Crippen molar-refractivity contribution in [3.05, 3.63) is 65.2 Å². The topological polar surface area (TPSA) is 126 Å². The number of anilines is 1. The van der Waals surface area contributed by atoms with E-state index in [1.807, 2.05) is 57.2 Å². The number of benzene rings is 2. The molecule has 0 spiro atoms. The number of nitrogens with zero attached hydrogens (tertiary/aromatic N) is 1. The van der Waals surface area contributed by atoms with Crippen LogP contribution >= 0.6 is 0 Å². The molecule has 2 aromatic carbocycles. The molecule has 0 unspecified atom stereocenters. The van der Waals surface area contributed by atoms with E-state index in [9.17, 15) is 19.5 Å². The molecule has 2 aliphatic heterocycles. The fourth-order valence-corrected chi connectivity index (χ4v) is 7.53. The number of amides is 2. The molecule has 5 rings (SSSR count). The summed E-state index contributed by atoms with van der Waals surface area (Å²) in [6.45, 7) is 11.6. The molecule has 1 saturated carbocycles. The molecule has 10 heteroatoms. The first-order valence-corrected chi connectivity index (χ1v) is 17.5. The SMILES string of the molecule is CC(=O)O[C@@H](C)C(=O)Nc1ccc([C@H]2O[C@@H](CN3[C@@H](C(=O)NC(C)(C)C)CC[C@H]4CCCC[C@H]43)[C@@H](C)[C@@H](c3ccc(CO)cc3)O2)cc1. The highest BCUT2D eigenvalue weighted by molar-refractivity contribution is 5.94. The van der Waals surface area contributed by atoms with Crippen molar-refractivity contribution in [2.45, 2.75) is 129 Å². The molecule has 2 aromatic rings. The summed E-state index contributed by atoms with van der Waals surface area (Å²) in [6.07, 6.45) is 4.46. The standard InChI is InChI=1S/C38H53N3O7/c1-23-33(21-41-31-10-8-7-9-27(31)17-20-32(41)36(45)40-38(4,5)6)47-37(48-34(23)28-13-11-26(22-42)12-14-28)29-15-18-30(19-16-29)39-35(44)24(2)46-25(3)43/h11-16,18-19,23-24,27,31-34,37,42H,7-10,17,20-22H2,1-6H3,(H,39,44)(H,40,45)/t23-,24+,27-,31-,32-,33+,34+,37+/m1/s1. The lowest BCUT2D eigenvalue weighted by Gasteiger charge is -2.51. The Morgan fingerprint density at radius 1 is 0.958 bits per heavy atom. The maximum Gasteiger partial charge on any atom is 0.303 e. The van der Waals surface area contributed by atoms with Gasteiger partial charge in [0.2, 0.25) is 5.91 Å². The summed E-state index contributed by atoms with van der Waals surface area (Å²) in [5.74, 6) is -0.307. The Hall–Kier alpha value is -3.31. The van der Waals surface area contributed by atoms with E-state index in [1.165, 1.54) is 33.1 Å². The number of piperidine rings is 1. The van der Waals surface area contributed by atoms with Crippen LogP contribution in [0.4, 0.5) is 5.69 Å². The van der Waals surface area contributed by atoms with Crippen molar-refractivity contribution < 1.29 is 33.7 Å². The minimum Gasteiger partial charge on any atom is -0.453 e. The summed E-state index contributed by atoms with van der Waals surface area (Å²) in [6, 6.07) is 15.3. The molecule has 3 N–H and O–H groups in total. The minimum absolute atomic E-state index is 0.0298.